The van der Waals surface area contributed by atoms with Crippen molar-refractivity contribution in [3.8, 4) is 11.6 Å². The van der Waals surface area contributed by atoms with E-state index in [2.05, 4.69) is 15.1 Å². The molecule has 126 valence electrons. The van der Waals surface area contributed by atoms with Crippen LogP contribution >= 0.6 is 0 Å². The van der Waals surface area contributed by atoms with Gasteiger partial charge in [-0.2, -0.15) is 0 Å². The topological polar surface area (TPSA) is 67.8 Å². The summed E-state index contributed by atoms with van der Waals surface area (Å²) in [5, 5.41) is 8.12. The number of nitrogens with zero attached hydrogens (tertiary/aromatic N) is 4. The lowest BCUT2D eigenvalue weighted by Crippen LogP contribution is -2.50. The number of anilines is 1. The maximum absolute atomic E-state index is 12.2. The zero-order valence-corrected chi connectivity index (χ0v) is 13.6. The molecular weight excluding hydrogens is 308 g/mol. The Hall–Kier alpha value is -2.83. The summed E-state index contributed by atoms with van der Waals surface area (Å²) in [7, 11) is 1.56. The van der Waals surface area contributed by atoms with Gasteiger partial charge in [-0.3, -0.25) is 4.79 Å². The highest BCUT2D eigenvalue weighted by atomic mass is 16.5. The molecule has 0 atom stereocenters. The zero-order chi connectivity index (χ0) is 16.8. The quantitative estimate of drug-likeness (QED) is 0.822. The predicted molar refractivity (Wildman–Crippen MR) is 89.3 cm³/mol. The second-order valence-corrected chi connectivity index (χ2v) is 5.40. The van der Waals surface area contributed by atoms with Crippen LogP contribution in [0.15, 0.2) is 42.5 Å². The summed E-state index contributed by atoms with van der Waals surface area (Å²) >= 11 is 0. The van der Waals surface area contributed by atoms with Gasteiger partial charge in [0.2, 0.25) is 5.88 Å². The Kier molecular flexibility index (Phi) is 5.10. The standard InChI is InChI=1S/C17H20N4O3/c1-23-16-8-7-15(18-19-16)20-9-11-21(12-10-20)17(22)13-24-14-5-3-2-4-6-14/h2-8H,9-13H2,1H3. The van der Waals surface area contributed by atoms with Crippen molar-refractivity contribution in [2.24, 2.45) is 0 Å². The molecule has 7 nitrogen and oxygen atoms in total. The number of amides is 1. The van der Waals surface area contributed by atoms with Crippen LogP contribution in [0.5, 0.6) is 11.6 Å². The minimum absolute atomic E-state index is 0.000631. The van der Waals surface area contributed by atoms with Gasteiger partial charge in [-0.1, -0.05) is 18.2 Å². The van der Waals surface area contributed by atoms with Crippen molar-refractivity contribution in [1.82, 2.24) is 15.1 Å². The lowest BCUT2D eigenvalue weighted by molar-refractivity contribution is -0.133. The molecule has 7 heteroatoms. The number of methoxy groups -OCH3 is 1. The fourth-order valence-corrected chi connectivity index (χ4v) is 2.53. The van der Waals surface area contributed by atoms with E-state index in [4.69, 9.17) is 9.47 Å². The second-order valence-electron chi connectivity index (χ2n) is 5.40. The average Bonchev–Trinajstić information content (AvgIpc) is 2.67. The molecule has 1 aliphatic rings. The summed E-state index contributed by atoms with van der Waals surface area (Å²) in [6, 6.07) is 13.0. The monoisotopic (exact) mass is 328 g/mol. The minimum Gasteiger partial charge on any atom is -0.484 e. The SMILES string of the molecule is COc1ccc(N2CCN(C(=O)COc3ccccc3)CC2)nn1. The molecule has 0 aliphatic carbocycles. The molecule has 0 unspecified atom stereocenters. The number of rotatable bonds is 5. The molecule has 24 heavy (non-hydrogen) atoms. The number of hydrogen-bond donors (Lipinski definition) is 0. The van der Waals surface area contributed by atoms with Gasteiger partial charge in [0.05, 0.1) is 7.11 Å². The number of carbonyl (C=O) groups excluding carboxylic acids is 1. The van der Waals surface area contributed by atoms with E-state index in [0.29, 0.717) is 24.7 Å². The Morgan fingerprint density at radius 3 is 2.42 bits per heavy atom. The second kappa shape index (κ2) is 7.63. The Balaban J connectivity index is 1.48. The van der Waals surface area contributed by atoms with Gasteiger partial charge in [0, 0.05) is 32.2 Å². The molecule has 1 fully saturated rings. The summed E-state index contributed by atoms with van der Waals surface area (Å²) in [6.07, 6.45) is 0. The number of para-hydroxylation sites is 1. The molecule has 0 saturated carbocycles. The molecule has 2 aromatic rings. The van der Waals surface area contributed by atoms with Gasteiger partial charge in [-0.15, -0.1) is 10.2 Å². The highest BCUT2D eigenvalue weighted by Crippen LogP contribution is 2.15. The molecule has 1 aliphatic heterocycles. The molecule has 0 bridgehead atoms. The van der Waals surface area contributed by atoms with Gasteiger partial charge in [0.1, 0.15) is 5.75 Å². The smallest absolute Gasteiger partial charge is 0.260 e. The first-order valence-electron chi connectivity index (χ1n) is 7.84. The van der Waals surface area contributed by atoms with E-state index in [9.17, 15) is 4.79 Å². The molecule has 1 aromatic carbocycles. The Labute approximate surface area is 140 Å². The van der Waals surface area contributed by atoms with Crippen LogP contribution in [0.4, 0.5) is 5.82 Å². The molecule has 3 rings (SSSR count). The molecule has 0 radical (unpaired) electrons. The Bertz CT molecular complexity index is 655. The van der Waals surface area contributed by atoms with E-state index in [0.717, 1.165) is 18.9 Å². The van der Waals surface area contributed by atoms with Crippen molar-refractivity contribution in [3.63, 3.8) is 0 Å². The average molecular weight is 328 g/mol. The minimum atomic E-state index is -0.000631. The van der Waals surface area contributed by atoms with Crippen LogP contribution in [0, 0.1) is 0 Å². The molecule has 0 N–H and O–H groups in total. The van der Waals surface area contributed by atoms with Crippen LogP contribution in [-0.2, 0) is 4.79 Å². The third-order valence-corrected chi connectivity index (χ3v) is 3.90. The Morgan fingerprint density at radius 2 is 1.79 bits per heavy atom. The molecule has 1 aromatic heterocycles. The van der Waals surface area contributed by atoms with Crippen molar-refractivity contribution >= 4 is 11.7 Å². The summed E-state index contributed by atoms with van der Waals surface area (Å²) in [5.41, 5.74) is 0. The van der Waals surface area contributed by atoms with Gasteiger partial charge in [0.25, 0.3) is 5.91 Å². The normalized spacial score (nSPS) is 14.4. The lowest BCUT2D eigenvalue weighted by atomic mass is 10.3. The van der Waals surface area contributed by atoms with E-state index in [1.54, 1.807) is 13.2 Å². The van der Waals surface area contributed by atoms with Gasteiger partial charge in [-0.05, 0) is 18.2 Å². The number of carbonyl (C=O) groups is 1. The summed E-state index contributed by atoms with van der Waals surface area (Å²) in [6.45, 7) is 2.79. The van der Waals surface area contributed by atoms with E-state index in [1.165, 1.54) is 0 Å². The lowest BCUT2D eigenvalue weighted by Gasteiger charge is -2.35. The first-order chi connectivity index (χ1) is 11.8. The van der Waals surface area contributed by atoms with E-state index < -0.39 is 0 Å². The largest absolute Gasteiger partial charge is 0.484 e. The van der Waals surface area contributed by atoms with Gasteiger partial charge >= 0.3 is 0 Å². The maximum atomic E-state index is 12.2. The Morgan fingerprint density at radius 1 is 1.04 bits per heavy atom. The zero-order valence-electron chi connectivity index (χ0n) is 13.6. The fourth-order valence-electron chi connectivity index (χ4n) is 2.53. The molecule has 1 saturated heterocycles. The summed E-state index contributed by atoms with van der Waals surface area (Å²) in [5.74, 6) is 1.99. The van der Waals surface area contributed by atoms with Crippen molar-refractivity contribution in [3.05, 3.63) is 42.5 Å². The van der Waals surface area contributed by atoms with E-state index in [1.807, 2.05) is 41.3 Å². The molecule has 2 heterocycles. The van der Waals surface area contributed by atoms with Crippen molar-refractivity contribution in [2.45, 2.75) is 0 Å². The van der Waals surface area contributed by atoms with E-state index in [-0.39, 0.29) is 12.5 Å². The number of piperazine rings is 1. The van der Waals surface area contributed by atoms with Crippen LogP contribution in [0.3, 0.4) is 0 Å². The van der Waals surface area contributed by atoms with Gasteiger partial charge < -0.3 is 19.3 Å². The predicted octanol–water partition coefficient (Wildman–Crippen LogP) is 1.21. The van der Waals surface area contributed by atoms with Crippen molar-refractivity contribution in [2.75, 3.05) is 44.8 Å². The summed E-state index contributed by atoms with van der Waals surface area (Å²) < 4.78 is 10.5. The van der Waals surface area contributed by atoms with Crippen molar-refractivity contribution in [1.29, 1.82) is 0 Å². The maximum Gasteiger partial charge on any atom is 0.260 e. The molecule has 0 spiro atoms. The number of aromatic nitrogens is 2. The molecular formula is C17H20N4O3. The highest BCUT2D eigenvalue weighted by molar-refractivity contribution is 5.78. The third kappa shape index (κ3) is 3.92. The van der Waals surface area contributed by atoms with Crippen LogP contribution in [0.25, 0.3) is 0 Å². The third-order valence-electron chi connectivity index (χ3n) is 3.90. The first kappa shape index (κ1) is 16.0. The summed E-state index contributed by atoms with van der Waals surface area (Å²) in [4.78, 5) is 16.2. The van der Waals surface area contributed by atoms with Gasteiger partial charge in [0.15, 0.2) is 12.4 Å². The van der Waals surface area contributed by atoms with Crippen LogP contribution < -0.4 is 14.4 Å². The first-order valence-corrected chi connectivity index (χ1v) is 7.84. The van der Waals surface area contributed by atoms with E-state index >= 15 is 0 Å². The van der Waals surface area contributed by atoms with Crippen molar-refractivity contribution < 1.29 is 14.3 Å². The van der Waals surface area contributed by atoms with Crippen LogP contribution in [-0.4, -0.2) is 60.9 Å². The fraction of sp³-hybridized carbons (Fsp3) is 0.353. The molecule has 1 amide bonds. The number of hydrogen-bond acceptors (Lipinski definition) is 6. The number of benzene rings is 1. The van der Waals surface area contributed by atoms with Gasteiger partial charge in [-0.25, -0.2) is 0 Å². The van der Waals surface area contributed by atoms with Crippen LogP contribution in [0.1, 0.15) is 0 Å². The highest BCUT2D eigenvalue weighted by Gasteiger charge is 2.22. The number of ether oxygens (including phenoxy) is 2. The van der Waals surface area contributed by atoms with Crippen LogP contribution in [0.2, 0.25) is 0 Å².